The van der Waals surface area contributed by atoms with E-state index >= 15 is 0 Å². The lowest BCUT2D eigenvalue weighted by atomic mass is 10.1. The highest BCUT2D eigenvalue weighted by atomic mass is 35.5. The zero-order valence-corrected chi connectivity index (χ0v) is 19.3. The summed E-state index contributed by atoms with van der Waals surface area (Å²) >= 11 is 0. The minimum Gasteiger partial charge on any atom is -0.351 e. The first kappa shape index (κ1) is 26.1. The van der Waals surface area contributed by atoms with E-state index in [1.807, 2.05) is 13.8 Å². The van der Waals surface area contributed by atoms with Gasteiger partial charge in [-0.1, -0.05) is 20.8 Å². The Hall–Kier alpha value is -1.90. The van der Waals surface area contributed by atoms with Crippen molar-refractivity contribution in [3.05, 3.63) is 38.2 Å². The summed E-state index contributed by atoms with van der Waals surface area (Å²) in [7, 11) is 0. The Bertz CT molecular complexity index is 983. The highest BCUT2D eigenvalue weighted by Crippen LogP contribution is 2.39. The first-order valence-electron chi connectivity index (χ1n) is 10.1. The molecule has 2 aromatic rings. The number of carbonyl (C=O) groups is 1. The molecule has 0 aliphatic heterocycles. The lowest BCUT2D eigenvalue weighted by Crippen LogP contribution is -2.36. The molecule has 0 aromatic carbocycles. The van der Waals surface area contributed by atoms with Gasteiger partial charge in [-0.15, -0.1) is 24.8 Å². The first-order valence-corrected chi connectivity index (χ1v) is 10.1. The van der Waals surface area contributed by atoms with Crippen molar-refractivity contribution in [3.63, 3.8) is 0 Å². The molecule has 10 heteroatoms. The Balaban J connectivity index is 0.00000225. The quantitative estimate of drug-likeness (QED) is 0.497. The molecular formula is C20H31Cl2N5O3. The normalized spacial score (nSPS) is 13.1. The molecule has 0 bridgehead atoms. The number of aromatic nitrogens is 3. The highest BCUT2D eigenvalue weighted by Gasteiger charge is 2.28. The maximum atomic E-state index is 12.9. The van der Waals surface area contributed by atoms with Crippen molar-refractivity contribution >= 4 is 41.8 Å². The number of pyridine rings is 1. The van der Waals surface area contributed by atoms with Crippen LogP contribution >= 0.6 is 24.8 Å². The van der Waals surface area contributed by atoms with Gasteiger partial charge < -0.3 is 10.6 Å². The molecule has 0 radical (unpaired) electrons. The molecule has 0 atom stereocenters. The van der Waals surface area contributed by atoms with Gasteiger partial charge in [0.25, 0.3) is 11.5 Å². The van der Waals surface area contributed by atoms with E-state index < -0.39 is 11.2 Å². The predicted molar refractivity (Wildman–Crippen MR) is 123 cm³/mol. The average Bonchev–Trinajstić information content (AvgIpc) is 3.48. The number of carbonyl (C=O) groups excluding carboxylic acids is 1. The molecule has 8 nitrogen and oxygen atoms in total. The number of aromatic amines is 1. The van der Waals surface area contributed by atoms with Crippen LogP contribution in [0.15, 0.2) is 15.7 Å². The van der Waals surface area contributed by atoms with Crippen molar-refractivity contribution in [3.8, 4) is 0 Å². The van der Waals surface area contributed by atoms with Crippen LogP contribution in [0.2, 0.25) is 0 Å². The van der Waals surface area contributed by atoms with Crippen LogP contribution in [-0.2, 0) is 6.54 Å². The Morgan fingerprint density at radius 1 is 1.23 bits per heavy atom. The van der Waals surface area contributed by atoms with Gasteiger partial charge in [0.15, 0.2) is 5.65 Å². The fourth-order valence-corrected chi connectivity index (χ4v) is 3.26. The Labute approximate surface area is 188 Å². The van der Waals surface area contributed by atoms with Crippen LogP contribution in [0.5, 0.6) is 0 Å². The van der Waals surface area contributed by atoms with Crippen LogP contribution in [0.4, 0.5) is 0 Å². The second-order valence-electron chi connectivity index (χ2n) is 7.84. The summed E-state index contributed by atoms with van der Waals surface area (Å²) in [5, 5.41) is 6.28. The maximum Gasteiger partial charge on any atom is 0.330 e. The molecule has 1 aliphatic carbocycles. The second kappa shape index (κ2) is 11.5. The zero-order valence-electron chi connectivity index (χ0n) is 17.6. The van der Waals surface area contributed by atoms with Gasteiger partial charge in [0, 0.05) is 31.2 Å². The molecule has 30 heavy (non-hydrogen) atoms. The fraction of sp³-hybridized carbons (Fsp3) is 0.600. The summed E-state index contributed by atoms with van der Waals surface area (Å²) in [5.41, 5.74) is 0.331. The van der Waals surface area contributed by atoms with Gasteiger partial charge in [0.05, 0.1) is 10.9 Å². The van der Waals surface area contributed by atoms with Crippen molar-refractivity contribution in [2.45, 2.75) is 52.5 Å². The first-order chi connectivity index (χ1) is 13.4. The number of rotatable bonds is 9. The molecule has 0 unspecified atom stereocenters. The van der Waals surface area contributed by atoms with Gasteiger partial charge in [0.1, 0.15) is 0 Å². The summed E-state index contributed by atoms with van der Waals surface area (Å²) in [6.45, 7) is 8.50. The number of halogens is 2. The number of hydrogen-bond acceptors (Lipinski definition) is 5. The third-order valence-electron chi connectivity index (χ3n) is 4.77. The largest absolute Gasteiger partial charge is 0.351 e. The van der Waals surface area contributed by atoms with Gasteiger partial charge in [-0.3, -0.25) is 19.1 Å². The van der Waals surface area contributed by atoms with Crippen molar-refractivity contribution in [2.24, 2.45) is 5.92 Å². The molecule has 3 N–H and O–H groups in total. The Morgan fingerprint density at radius 2 is 1.93 bits per heavy atom. The van der Waals surface area contributed by atoms with E-state index in [9.17, 15) is 14.4 Å². The smallest absolute Gasteiger partial charge is 0.330 e. The Kier molecular flexibility index (Phi) is 10.0. The molecular weight excluding hydrogens is 429 g/mol. The lowest BCUT2D eigenvalue weighted by Gasteiger charge is -2.15. The summed E-state index contributed by atoms with van der Waals surface area (Å²) in [6.07, 6.45) is 3.05. The number of hydrogen-bond donors (Lipinski definition) is 3. The van der Waals surface area contributed by atoms with Crippen LogP contribution in [-0.4, -0.2) is 40.1 Å². The van der Waals surface area contributed by atoms with E-state index in [-0.39, 0.29) is 42.0 Å². The summed E-state index contributed by atoms with van der Waals surface area (Å²) in [6, 6.07) is 1.72. The topological polar surface area (TPSA) is 109 Å². The van der Waals surface area contributed by atoms with E-state index in [2.05, 4.69) is 27.5 Å². The van der Waals surface area contributed by atoms with Gasteiger partial charge in [0.2, 0.25) is 0 Å². The molecule has 1 saturated carbocycles. The molecule has 1 aliphatic rings. The van der Waals surface area contributed by atoms with Gasteiger partial charge >= 0.3 is 5.69 Å². The van der Waals surface area contributed by atoms with E-state index in [0.29, 0.717) is 36.8 Å². The predicted octanol–water partition coefficient (Wildman–Crippen LogP) is 2.19. The third-order valence-corrected chi connectivity index (χ3v) is 4.77. The molecule has 0 spiro atoms. The van der Waals surface area contributed by atoms with E-state index in [1.54, 1.807) is 6.07 Å². The summed E-state index contributed by atoms with van der Waals surface area (Å²) in [4.78, 5) is 44.8. The van der Waals surface area contributed by atoms with Gasteiger partial charge in [-0.2, -0.15) is 0 Å². The van der Waals surface area contributed by atoms with E-state index in [0.717, 1.165) is 31.5 Å². The number of fused-ring (bicyclic) bond motifs is 1. The van der Waals surface area contributed by atoms with E-state index in [4.69, 9.17) is 0 Å². The highest BCUT2D eigenvalue weighted by molar-refractivity contribution is 6.05. The van der Waals surface area contributed by atoms with Crippen LogP contribution in [0.1, 0.15) is 62.0 Å². The minimum absolute atomic E-state index is 0. The monoisotopic (exact) mass is 459 g/mol. The van der Waals surface area contributed by atoms with Crippen LogP contribution < -0.4 is 21.9 Å². The number of nitrogens with zero attached hydrogens (tertiary/aromatic N) is 2. The molecule has 2 heterocycles. The maximum absolute atomic E-state index is 12.9. The molecule has 1 amide bonds. The standard InChI is InChI=1S/C20H29N5O3.2ClH/c1-4-7-21-8-9-22-18(26)14-10-15(13-5-6-13)23-17-16(14)19(27)24-20(28)25(17)11-12(2)3;;/h10,12-13,21H,4-9,11H2,1-3H3,(H,22,26)(H,24,27,28);2*1H. The van der Waals surface area contributed by atoms with Gasteiger partial charge in [-0.05, 0) is 37.8 Å². The average molecular weight is 460 g/mol. The fourth-order valence-electron chi connectivity index (χ4n) is 3.26. The van der Waals surface area contributed by atoms with Crippen molar-refractivity contribution < 1.29 is 4.79 Å². The number of nitrogens with one attached hydrogen (secondary N) is 3. The van der Waals surface area contributed by atoms with Crippen molar-refractivity contribution in [1.29, 1.82) is 0 Å². The SMILES string of the molecule is CCCNCCNC(=O)c1cc(C2CC2)nc2c1c(=O)[nH]c(=O)n2CC(C)C.Cl.Cl. The summed E-state index contributed by atoms with van der Waals surface area (Å²) in [5.74, 6) is 0.178. The molecule has 1 fully saturated rings. The molecule has 168 valence electrons. The molecule has 3 rings (SSSR count). The Morgan fingerprint density at radius 3 is 2.53 bits per heavy atom. The molecule has 2 aromatic heterocycles. The van der Waals surface area contributed by atoms with Crippen LogP contribution in [0.25, 0.3) is 11.0 Å². The summed E-state index contributed by atoms with van der Waals surface area (Å²) < 4.78 is 1.48. The van der Waals surface area contributed by atoms with E-state index in [1.165, 1.54) is 4.57 Å². The minimum atomic E-state index is -0.566. The molecule has 0 saturated heterocycles. The lowest BCUT2D eigenvalue weighted by molar-refractivity contribution is 0.0955. The second-order valence-corrected chi connectivity index (χ2v) is 7.84. The van der Waals surface area contributed by atoms with Crippen LogP contribution in [0.3, 0.4) is 0 Å². The number of H-pyrrole nitrogens is 1. The van der Waals surface area contributed by atoms with Crippen LogP contribution in [0, 0.1) is 5.92 Å². The third kappa shape index (κ3) is 6.06. The number of amides is 1. The van der Waals surface area contributed by atoms with Crippen molar-refractivity contribution in [1.82, 2.24) is 25.2 Å². The van der Waals surface area contributed by atoms with Gasteiger partial charge in [-0.25, -0.2) is 9.78 Å². The zero-order chi connectivity index (χ0) is 20.3. The van der Waals surface area contributed by atoms with Crippen molar-refractivity contribution in [2.75, 3.05) is 19.6 Å².